The van der Waals surface area contributed by atoms with Crippen molar-refractivity contribution in [2.45, 2.75) is 10.6 Å². The van der Waals surface area contributed by atoms with Crippen LogP contribution in [-0.4, -0.2) is 14.2 Å². The minimum Gasteiger partial charge on any atom is -0.399 e. The second-order valence-electron chi connectivity index (χ2n) is 3.47. The van der Waals surface area contributed by atoms with E-state index in [2.05, 4.69) is 9.97 Å². The fourth-order valence-corrected chi connectivity index (χ4v) is 2.47. The number of nitrogen functional groups attached to an aromatic ring is 1. The lowest BCUT2D eigenvalue weighted by molar-refractivity contribution is 0.535. The molecule has 0 aliphatic rings. The minimum atomic E-state index is -1.90. The molecule has 0 aliphatic carbocycles. The van der Waals surface area contributed by atoms with Gasteiger partial charge in [-0.2, -0.15) is 0 Å². The molecule has 0 saturated heterocycles. The Kier molecular flexibility index (Phi) is 3.61. The van der Waals surface area contributed by atoms with Crippen LogP contribution in [0.4, 0.5) is 14.5 Å². The molecule has 2 N–H and O–H groups in total. The summed E-state index contributed by atoms with van der Waals surface area (Å²) < 4.78 is 38.9. The molecule has 2 aromatic rings. The van der Waals surface area contributed by atoms with E-state index in [1.54, 1.807) is 6.07 Å². The van der Waals surface area contributed by atoms with Gasteiger partial charge in [0, 0.05) is 18.1 Å². The highest BCUT2D eigenvalue weighted by Crippen LogP contribution is 2.21. The summed E-state index contributed by atoms with van der Waals surface area (Å²) in [5.41, 5.74) is 5.22. The summed E-state index contributed by atoms with van der Waals surface area (Å²) in [4.78, 5) is 7.19. The van der Waals surface area contributed by atoms with Gasteiger partial charge in [-0.05, 0) is 18.2 Å². The molecule has 94 valence electrons. The van der Waals surface area contributed by atoms with Crippen LogP contribution in [-0.2, 0) is 16.6 Å². The smallest absolute Gasteiger partial charge is 0.144 e. The Labute approximate surface area is 104 Å². The summed E-state index contributed by atoms with van der Waals surface area (Å²) in [6, 6.07) is 3.46. The van der Waals surface area contributed by atoms with Gasteiger partial charge >= 0.3 is 0 Å². The van der Waals surface area contributed by atoms with Crippen molar-refractivity contribution >= 4 is 16.5 Å². The van der Waals surface area contributed by atoms with Crippen LogP contribution in [0.2, 0.25) is 0 Å². The van der Waals surface area contributed by atoms with Crippen molar-refractivity contribution in [2.75, 3.05) is 5.73 Å². The first-order valence-electron chi connectivity index (χ1n) is 4.96. The Morgan fingerprint density at radius 2 is 1.72 bits per heavy atom. The fourth-order valence-electron chi connectivity index (χ4n) is 1.39. The predicted octanol–water partition coefficient (Wildman–Crippen LogP) is 1.64. The normalized spacial score (nSPS) is 12.3. The molecule has 1 aromatic carbocycles. The molecule has 1 heterocycles. The average Bonchev–Trinajstić information content (AvgIpc) is 2.28. The highest BCUT2D eigenvalue weighted by molar-refractivity contribution is 7.84. The Balaban J connectivity index is 2.30. The van der Waals surface area contributed by atoms with Crippen molar-refractivity contribution in [3.05, 3.63) is 48.1 Å². The van der Waals surface area contributed by atoms with Gasteiger partial charge in [-0.25, -0.2) is 18.7 Å². The Morgan fingerprint density at radius 3 is 2.28 bits per heavy atom. The standard InChI is InChI=1S/C11H9F2N3OS/c12-8-4-7(14)5-9(13)11(8)18(17)6-10-15-2-1-3-16-10/h1-5H,6,14H2. The zero-order valence-corrected chi connectivity index (χ0v) is 9.95. The highest BCUT2D eigenvalue weighted by atomic mass is 32.2. The maximum Gasteiger partial charge on any atom is 0.144 e. The van der Waals surface area contributed by atoms with Crippen LogP contribution in [0.1, 0.15) is 5.82 Å². The molecule has 18 heavy (non-hydrogen) atoms. The molecule has 4 nitrogen and oxygen atoms in total. The third kappa shape index (κ3) is 2.67. The molecule has 0 aliphatic heterocycles. The maximum absolute atomic E-state index is 13.5. The Bertz CT molecular complexity index is 569. The van der Waals surface area contributed by atoms with Gasteiger partial charge in [-0.1, -0.05) is 0 Å². The van der Waals surface area contributed by atoms with Gasteiger partial charge in [0.2, 0.25) is 0 Å². The van der Waals surface area contributed by atoms with Crippen molar-refractivity contribution in [1.29, 1.82) is 0 Å². The number of benzene rings is 1. The molecule has 7 heteroatoms. The van der Waals surface area contributed by atoms with Gasteiger partial charge in [-0.3, -0.25) is 4.21 Å². The quantitative estimate of drug-likeness (QED) is 0.860. The number of nitrogens with two attached hydrogens (primary N) is 1. The second-order valence-corrected chi connectivity index (χ2v) is 4.86. The first kappa shape index (κ1) is 12.6. The van der Waals surface area contributed by atoms with Gasteiger partial charge < -0.3 is 5.73 Å². The van der Waals surface area contributed by atoms with E-state index >= 15 is 0 Å². The van der Waals surface area contributed by atoms with Crippen LogP contribution in [0.5, 0.6) is 0 Å². The third-order valence-electron chi connectivity index (χ3n) is 2.13. The lowest BCUT2D eigenvalue weighted by Gasteiger charge is -2.05. The minimum absolute atomic E-state index is 0.0540. The maximum atomic E-state index is 13.5. The molecule has 0 amide bonds. The highest BCUT2D eigenvalue weighted by Gasteiger charge is 2.18. The van der Waals surface area contributed by atoms with E-state index in [0.717, 1.165) is 12.1 Å². The summed E-state index contributed by atoms with van der Waals surface area (Å²) in [6.45, 7) is 0. The molecular weight excluding hydrogens is 260 g/mol. The van der Waals surface area contributed by atoms with Crippen LogP contribution in [0.3, 0.4) is 0 Å². The number of hydrogen-bond acceptors (Lipinski definition) is 4. The van der Waals surface area contributed by atoms with Gasteiger partial charge in [0.1, 0.15) is 22.4 Å². The first-order chi connectivity index (χ1) is 8.58. The molecular formula is C11H9F2N3OS. The van der Waals surface area contributed by atoms with Crippen molar-refractivity contribution in [3.63, 3.8) is 0 Å². The average molecular weight is 269 g/mol. The number of halogens is 2. The van der Waals surface area contributed by atoms with Gasteiger partial charge in [-0.15, -0.1) is 0 Å². The van der Waals surface area contributed by atoms with E-state index in [1.807, 2.05) is 0 Å². The number of anilines is 1. The number of aromatic nitrogens is 2. The summed E-state index contributed by atoms with van der Waals surface area (Å²) in [5.74, 6) is -1.76. The number of hydrogen-bond donors (Lipinski definition) is 1. The van der Waals surface area contributed by atoms with Gasteiger partial charge in [0.25, 0.3) is 0 Å². The predicted molar refractivity (Wildman–Crippen MR) is 62.9 cm³/mol. The summed E-state index contributed by atoms with van der Waals surface area (Å²) in [6.07, 6.45) is 2.93. The zero-order valence-electron chi connectivity index (χ0n) is 9.14. The Morgan fingerprint density at radius 1 is 1.17 bits per heavy atom. The van der Waals surface area contributed by atoms with Crippen LogP contribution < -0.4 is 5.73 Å². The van der Waals surface area contributed by atoms with E-state index < -0.39 is 27.3 Å². The largest absolute Gasteiger partial charge is 0.399 e. The molecule has 0 radical (unpaired) electrons. The molecule has 0 saturated carbocycles. The van der Waals surface area contributed by atoms with Gasteiger partial charge in [0.05, 0.1) is 16.6 Å². The van der Waals surface area contributed by atoms with Crippen molar-refractivity contribution in [1.82, 2.24) is 9.97 Å². The molecule has 1 aromatic heterocycles. The van der Waals surface area contributed by atoms with Crippen LogP contribution in [0, 0.1) is 11.6 Å². The van der Waals surface area contributed by atoms with Crippen LogP contribution in [0.15, 0.2) is 35.5 Å². The van der Waals surface area contributed by atoms with Crippen LogP contribution in [0.25, 0.3) is 0 Å². The molecule has 1 atom stereocenters. The molecule has 2 rings (SSSR count). The van der Waals surface area contributed by atoms with Crippen LogP contribution >= 0.6 is 0 Å². The molecule has 0 bridgehead atoms. The van der Waals surface area contributed by atoms with Crippen molar-refractivity contribution in [2.24, 2.45) is 0 Å². The fraction of sp³-hybridized carbons (Fsp3) is 0.0909. The number of rotatable bonds is 3. The van der Waals surface area contributed by atoms with E-state index in [4.69, 9.17) is 5.73 Å². The molecule has 0 spiro atoms. The lowest BCUT2D eigenvalue weighted by Crippen LogP contribution is -2.06. The topological polar surface area (TPSA) is 68.9 Å². The summed E-state index contributed by atoms with van der Waals surface area (Å²) in [5, 5.41) is 0. The Hall–Kier alpha value is -1.89. The SMILES string of the molecule is Nc1cc(F)c(S(=O)Cc2ncccn2)c(F)c1. The van der Waals surface area contributed by atoms with E-state index in [9.17, 15) is 13.0 Å². The van der Waals surface area contributed by atoms with E-state index in [0.29, 0.717) is 0 Å². The van der Waals surface area contributed by atoms with Crippen molar-refractivity contribution < 1.29 is 13.0 Å². The second kappa shape index (κ2) is 5.18. The monoisotopic (exact) mass is 269 g/mol. The number of nitrogens with zero attached hydrogens (tertiary/aromatic N) is 2. The molecule has 0 fully saturated rings. The lowest BCUT2D eigenvalue weighted by atomic mass is 10.3. The van der Waals surface area contributed by atoms with Crippen molar-refractivity contribution in [3.8, 4) is 0 Å². The molecule has 1 unspecified atom stereocenters. The van der Waals surface area contributed by atoms with E-state index in [-0.39, 0.29) is 17.3 Å². The summed E-state index contributed by atoms with van der Waals surface area (Å²) >= 11 is 0. The van der Waals surface area contributed by atoms with Gasteiger partial charge in [0.15, 0.2) is 0 Å². The third-order valence-corrected chi connectivity index (χ3v) is 3.49. The zero-order chi connectivity index (χ0) is 13.1. The van der Waals surface area contributed by atoms with E-state index in [1.165, 1.54) is 12.4 Å². The first-order valence-corrected chi connectivity index (χ1v) is 6.28. The summed E-state index contributed by atoms with van der Waals surface area (Å²) in [7, 11) is -1.90.